The minimum atomic E-state index is -0.370. The lowest BCUT2D eigenvalue weighted by Gasteiger charge is -2.04. The van der Waals surface area contributed by atoms with Crippen LogP contribution in [0.4, 0.5) is 0 Å². The molecule has 0 aromatic carbocycles. The molecule has 3 aromatic rings. The average Bonchev–Trinajstić information content (AvgIpc) is 3.18. The number of aromatic nitrogens is 5. The Morgan fingerprint density at radius 2 is 2.38 bits per heavy atom. The maximum absolute atomic E-state index is 12.0. The standard InChI is InChI=1S/C12H9N5O2S2/c1-3-10-8(6-19-11-13-4-5-20-11)9(7-21-10)17-12(18)16(2)14-15-17/h1,4-5,7H,6H2,2H3/i4T. The van der Waals surface area contributed by atoms with Crippen molar-refractivity contribution in [3.05, 3.63) is 37.9 Å². The second kappa shape index (κ2) is 5.51. The summed E-state index contributed by atoms with van der Waals surface area (Å²) in [6.07, 6.45) is 5.64. The number of aryl methyl sites for hydroxylation is 1. The van der Waals surface area contributed by atoms with E-state index in [0.717, 1.165) is 4.68 Å². The van der Waals surface area contributed by atoms with Crippen LogP contribution in [0.2, 0.25) is 0 Å². The van der Waals surface area contributed by atoms with Gasteiger partial charge in [0.1, 0.15) is 6.61 Å². The van der Waals surface area contributed by atoms with E-state index in [1.165, 1.54) is 34.4 Å². The van der Waals surface area contributed by atoms with Crippen molar-refractivity contribution < 1.29 is 6.11 Å². The first kappa shape index (κ1) is 12.3. The number of thiophene rings is 1. The minimum Gasteiger partial charge on any atom is -0.465 e. The van der Waals surface area contributed by atoms with E-state index in [9.17, 15) is 4.79 Å². The van der Waals surface area contributed by atoms with Gasteiger partial charge < -0.3 is 4.74 Å². The third-order valence-corrected chi connectivity index (χ3v) is 4.24. The fourth-order valence-electron chi connectivity index (χ4n) is 1.66. The summed E-state index contributed by atoms with van der Waals surface area (Å²) in [5.41, 5.74) is 0.834. The summed E-state index contributed by atoms with van der Waals surface area (Å²) in [5.74, 6) is 2.57. The van der Waals surface area contributed by atoms with Crippen molar-refractivity contribution in [3.63, 3.8) is 0 Å². The smallest absolute Gasteiger partial charge is 0.368 e. The predicted molar refractivity (Wildman–Crippen MR) is 78.9 cm³/mol. The molecule has 0 fully saturated rings. The van der Waals surface area contributed by atoms with E-state index in [1.54, 1.807) is 10.8 Å². The van der Waals surface area contributed by atoms with Crippen LogP contribution in [0.15, 0.2) is 21.7 Å². The van der Waals surface area contributed by atoms with E-state index in [1.807, 2.05) is 0 Å². The Kier molecular flexibility index (Phi) is 3.23. The molecule has 3 aromatic heterocycles. The maximum Gasteiger partial charge on any atom is 0.368 e. The zero-order valence-electron chi connectivity index (χ0n) is 11.8. The Morgan fingerprint density at radius 1 is 1.52 bits per heavy atom. The van der Waals surface area contributed by atoms with Gasteiger partial charge in [-0.1, -0.05) is 17.3 Å². The summed E-state index contributed by atoms with van der Waals surface area (Å²) in [6, 6.07) is 0. The summed E-state index contributed by atoms with van der Waals surface area (Å²) in [5, 5.41) is 11.2. The molecular formula is C12H9N5O2S2. The fraction of sp³-hybridized carbons (Fsp3) is 0.167. The van der Waals surface area contributed by atoms with Gasteiger partial charge in [0.05, 0.1) is 11.9 Å². The van der Waals surface area contributed by atoms with Gasteiger partial charge in [-0.05, 0) is 10.4 Å². The third-order valence-electron chi connectivity index (χ3n) is 2.66. The minimum absolute atomic E-state index is 0.133. The van der Waals surface area contributed by atoms with Crippen LogP contribution in [0, 0.1) is 12.3 Å². The van der Waals surface area contributed by atoms with E-state index in [-0.39, 0.29) is 18.5 Å². The van der Waals surface area contributed by atoms with Crippen LogP contribution < -0.4 is 10.4 Å². The van der Waals surface area contributed by atoms with Crippen molar-refractivity contribution in [1.82, 2.24) is 24.8 Å². The monoisotopic (exact) mass is 321 g/mol. The van der Waals surface area contributed by atoms with Crippen LogP contribution in [-0.4, -0.2) is 24.8 Å². The van der Waals surface area contributed by atoms with Crippen molar-refractivity contribution in [2.45, 2.75) is 6.61 Å². The molecule has 0 spiro atoms. The van der Waals surface area contributed by atoms with Gasteiger partial charge >= 0.3 is 5.69 Å². The highest BCUT2D eigenvalue weighted by Crippen LogP contribution is 2.26. The summed E-state index contributed by atoms with van der Waals surface area (Å²) in [6.45, 7) is 0.133. The average molecular weight is 321 g/mol. The number of terminal acetylenes is 1. The molecule has 3 heterocycles. The van der Waals surface area contributed by atoms with Crippen LogP contribution in [0.1, 0.15) is 11.8 Å². The zero-order valence-corrected chi connectivity index (χ0v) is 12.4. The Labute approximate surface area is 128 Å². The molecule has 0 radical (unpaired) electrons. The highest BCUT2D eigenvalue weighted by molar-refractivity contribution is 7.11. The van der Waals surface area contributed by atoms with Gasteiger partial charge in [-0.3, -0.25) is 0 Å². The Hall–Kier alpha value is -2.44. The van der Waals surface area contributed by atoms with Gasteiger partial charge in [0.2, 0.25) is 0 Å². The summed E-state index contributed by atoms with van der Waals surface area (Å²) >= 11 is 2.55. The number of tetrazole rings is 1. The number of thiazole rings is 1. The molecule has 0 unspecified atom stereocenters. The van der Waals surface area contributed by atoms with Gasteiger partial charge in [-0.15, -0.1) is 17.8 Å². The first-order chi connectivity index (χ1) is 10.6. The van der Waals surface area contributed by atoms with Crippen LogP contribution in [0.25, 0.3) is 5.69 Å². The molecule has 21 heavy (non-hydrogen) atoms. The van der Waals surface area contributed by atoms with Crippen molar-refractivity contribution >= 4 is 22.7 Å². The largest absolute Gasteiger partial charge is 0.465 e. The molecule has 0 aliphatic carbocycles. The van der Waals surface area contributed by atoms with Gasteiger partial charge in [0.15, 0.2) is 0 Å². The van der Waals surface area contributed by atoms with E-state index < -0.39 is 0 Å². The van der Waals surface area contributed by atoms with E-state index in [0.29, 0.717) is 21.3 Å². The molecule has 0 aliphatic rings. The maximum atomic E-state index is 12.0. The van der Waals surface area contributed by atoms with Gasteiger partial charge in [-0.25, -0.2) is 9.78 Å². The van der Waals surface area contributed by atoms with E-state index >= 15 is 0 Å². The summed E-state index contributed by atoms with van der Waals surface area (Å²) < 4.78 is 15.2. The van der Waals surface area contributed by atoms with Crippen molar-refractivity contribution in [2.75, 3.05) is 0 Å². The lowest BCUT2D eigenvalue weighted by Crippen LogP contribution is -2.22. The molecule has 7 nitrogen and oxygen atoms in total. The molecule has 3 rings (SSSR count). The SMILES string of the molecule is [3H]c1csc(OCc2c(-n3nnn(C)c3=O)csc2C#C)n1. The topological polar surface area (TPSA) is 74.8 Å². The first-order valence-corrected chi connectivity index (χ1v) is 7.47. The third kappa shape index (κ3) is 2.46. The fourth-order valence-corrected chi connectivity index (χ4v) is 2.94. The lowest BCUT2D eigenvalue weighted by molar-refractivity contribution is 0.304. The van der Waals surface area contributed by atoms with E-state index in [2.05, 4.69) is 21.3 Å². The Balaban J connectivity index is 1.96. The molecule has 0 atom stereocenters. The number of rotatable bonds is 4. The predicted octanol–water partition coefficient (Wildman–Crippen LogP) is 1.04. The summed E-state index contributed by atoms with van der Waals surface area (Å²) in [7, 11) is 1.52. The van der Waals surface area contributed by atoms with Gasteiger partial charge in [-0.2, -0.15) is 9.36 Å². The molecular weight excluding hydrogens is 310 g/mol. The van der Waals surface area contributed by atoms with Crippen LogP contribution in [-0.2, 0) is 13.7 Å². The highest BCUT2D eigenvalue weighted by atomic mass is 32.1. The molecule has 0 saturated heterocycles. The zero-order chi connectivity index (χ0) is 15.7. The second-order valence-corrected chi connectivity index (χ2v) is 5.60. The van der Waals surface area contributed by atoms with Crippen molar-refractivity contribution in [2.24, 2.45) is 7.05 Å². The Morgan fingerprint density at radius 3 is 3.00 bits per heavy atom. The number of hydrogen-bond acceptors (Lipinski definition) is 7. The molecule has 9 heteroatoms. The molecule has 0 saturated carbocycles. The lowest BCUT2D eigenvalue weighted by atomic mass is 10.2. The van der Waals surface area contributed by atoms with Gasteiger partial charge in [0, 0.05) is 29.5 Å². The first-order valence-electron chi connectivity index (χ1n) is 6.21. The van der Waals surface area contributed by atoms with Crippen molar-refractivity contribution in [1.29, 1.82) is 0 Å². The molecule has 0 aliphatic heterocycles. The van der Waals surface area contributed by atoms with Crippen molar-refractivity contribution in [3.8, 4) is 23.2 Å². The molecule has 0 bridgehead atoms. The number of hydrogen-bond donors (Lipinski definition) is 0. The summed E-state index contributed by atoms with van der Waals surface area (Å²) in [4.78, 5) is 16.5. The van der Waals surface area contributed by atoms with E-state index in [4.69, 9.17) is 12.5 Å². The quantitative estimate of drug-likeness (QED) is 0.671. The second-order valence-electron chi connectivity index (χ2n) is 3.90. The highest BCUT2D eigenvalue weighted by Gasteiger charge is 2.17. The normalized spacial score (nSPS) is 11.1. The van der Waals surface area contributed by atoms with Crippen LogP contribution in [0.3, 0.4) is 0 Å². The molecule has 0 amide bonds. The molecule has 0 N–H and O–H groups in total. The number of nitrogens with zero attached hydrogens (tertiary/aromatic N) is 5. The Bertz CT molecular complexity index is 917. The van der Waals surface area contributed by atoms with Gasteiger partial charge in [0.25, 0.3) is 5.19 Å². The van der Waals surface area contributed by atoms with Crippen LogP contribution >= 0.6 is 22.7 Å². The molecule has 106 valence electrons. The van der Waals surface area contributed by atoms with Crippen LogP contribution in [0.5, 0.6) is 5.19 Å². The number of ether oxygens (including phenoxy) is 1.